The average Bonchev–Trinajstić information content (AvgIpc) is 3.43. The maximum absolute atomic E-state index is 11.2. The number of allylic oxidation sites excluding steroid dienone is 3. The second kappa shape index (κ2) is 18.7. The van der Waals surface area contributed by atoms with Gasteiger partial charge in [-0.05, 0) is 57.2 Å². The van der Waals surface area contributed by atoms with Crippen LogP contribution in [0.5, 0.6) is 0 Å². The number of aliphatic hydroxyl groups is 2. The first kappa shape index (κ1) is 34.5. The molecule has 0 aliphatic carbocycles. The third-order valence-electron chi connectivity index (χ3n) is 6.50. The molecule has 1 aromatic rings. The predicted octanol–water partition coefficient (Wildman–Crippen LogP) is 5.10. The Morgan fingerprint density at radius 2 is 2.03 bits per heavy atom. The number of likely N-dealkylation sites (tertiary alicyclic amines) is 1. The molecule has 2 unspecified atom stereocenters. The van der Waals surface area contributed by atoms with Gasteiger partial charge in [-0.3, -0.25) is 19.9 Å². The van der Waals surface area contributed by atoms with Crippen molar-refractivity contribution in [2.24, 2.45) is 0 Å². The third kappa shape index (κ3) is 12.4. The van der Waals surface area contributed by atoms with Crippen molar-refractivity contribution in [1.82, 2.24) is 9.96 Å². The molecule has 2 saturated heterocycles. The average molecular weight is 547 g/mol. The minimum absolute atomic E-state index is 0.0577. The summed E-state index contributed by atoms with van der Waals surface area (Å²) in [5.41, 5.74) is 4.00. The SMILES string of the molecule is C=C(/C=C\C=C(C)C)CN1CCC(O)CC1CO.CC.CCN(C)c1ccc(CN2CCCO2)cc1[N+](=O)[O-]. The number of aliphatic hydroxyl groups excluding tert-OH is 2. The summed E-state index contributed by atoms with van der Waals surface area (Å²) >= 11 is 0. The molecule has 2 N–H and O–H groups in total. The van der Waals surface area contributed by atoms with Gasteiger partial charge in [-0.15, -0.1) is 0 Å². The topological polar surface area (TPSA) is 103 Å². The molecule has 39 heavy (non-hydrogen) atoms. The van der Waals surface area contributed by atoms with Gasteiger partial charge in [-0.25, -0.2) is 0 Å². The second-order valence-electron chi connectivity index (χ2n) is 9.89. The molecular formula is C30H50N4O5. The summed E-state index contributed by atoms with van der Waals surface area (Å²) in [7, 11) is 1.85. The standard InChI is InChI=1S/C15H25NO2.C13H19N3O3.C2H6/c1-12(2)5-4-6-13(3)10-16-8-7-15(18)9-14(16)11-17;1-3-14(2)12-6-5-11(9-13(12)16(17)18)10-15-7-4-8-19-15;1-2/h4-6,14-15,17-18H,3,7-11H2,1-2H3;5-6,9H,3-4,7-8,10H2,1-2H3;1-2H3/b6-4-;;. The molecule has 2 aliphatic rings. The molecule has 9 nitrogen and oxygen atoms in total. The van der Waals surface area contributed by atoms with Gasteiger partial charge in [0.2, 0.25) is 0 Å². The third-order valence-corrected chi connectivity index (χ3v) is 6.50. The van der Waals surface area contributed by atoms with Crippen molar-refractivity contribution in [3.63, 3.8) is 0 Å². The molecule has 0 radical (unpaired) electrons. The lowest BCUT2D eigenvalue weighted by atomic mass is 9.99. The van der Waals surface area contributed by atoms with Crippen LogP contribution in [0.1, 0.15) is 59.4 Å². The zero-order valence-corrected chi connectivity index (χ0v) is 24.8. The Hall–Kier alpha value is -2.56. The normalized spacial score (nSPS) is 19.5. The minimum atomic E-state index is -0.324. The minimum Gasteiger partial charge on any atom is -0.395 e. The largest absolute Gasteiger partial charge is 0.395 e. The van der Waals surface area contributed by atoms with Crippen molar-refractivity contribution in [2.75, 3.05) is 51.3 Å². The quantitative estimate of drug-likeness (QED) is 0.238. The Kier molecular flexibility index (Phi) is 16.5. The summed E-state index contributed by atoms with van der Waals surface area (Å²) in [5, 5.41) is 31.9. The van der Waals surface area contributed by atoms with Crippen LogP contribution in [0.2, 0.25) is 0 Å². The molecule has 0 bridgehead atoms. The number of nitro groups is 1. The Morgan fingerprint density at radius 3 is 2.59 bits per heavy atom. The van der Waals surface area contributed by atoms with Gasteiger partial charge >= 0.3 is 0 Å². The summed E-state index contributed by atoms with van der Waals surface area (Å²) in [6, 6.07) is 5.44. The molecule has 9 heteroatoms. The Morgan fingerprint density at radius 1 is 1.31 bits per heavy atom. The smallest absolute Gasteiger partial charge is 0.292 e. The Bertz CT molecular complexity index is 939. The highest BCUT2D eigenvalue weighted by Crippen LogP contribution is 2.29. The fourth-order valence-corrected chi connectivity index (χ4v) is 4.30. The van der Waals surface area contributed by atoms with Crippen LogP contribution in [0, 0.1) is 10.1 Å². The molecular weight excluding hydrogens is 496 g/mol. The fourth-order valence-electron chi connectivity index (χ4n) is 4.30. The zero-order valence-electron chi connectivity index (χ0n) is 24.8. The van der Waals surface area contributed by atoms with Crippen molar-refractivity contribution >= 4 is 11.4 Å². The van der Waals surface area contributed by atoms with Gasteiger partial charge in [-0.2, -0.15) is 5.06 Å². The predicted molar refractivity (Wildman–Crippen MR) is 160 cm³/mol. The Balaban J connectivity index is 0.000000367. The molecule has 1 aromatic carbocycles. The van der Waals surface area contributed by atoms with E-state index in [0.717, 1.165) is 56.8 Å². The van der Waals surface area contributed by atoms with E-state index in [4.69, 9.17) is 4.84 Å². The van der Waals surface area contributed by atoms with E-state index >= 15 is 0 Å². The number of hydroxylamine groups is 2. The lowest BCUT2D eigenvalue weighted by molar-refractivity contribution is -0.384. The summed E-state index contributed by atoms with van der Waals surface area (Å²) in [4.78, 5) is 20.3. The number of nitrogens with zero attached hydrogens (tertiary/aromatic N) is 4. The molecule has 0 aromatic heterocycles. The van der Waals surface area contributed by atoms with E-state index < -0.39 is 0 Å². The summed E-state index contributed by atoms with van der Waals surface area (Å²) < 4.78 is 0. The maximum atomic E-state index is 11.2. The highest BCUT2D eigenvalue weighted by molar-refractivity contribution is 5.63. The molecule has 2 heterocycles. The van der Waals surface area contributed by atoms with Crippen molar-refractivity contribution in [3.05, 3.63) is 69.8 Å². The van der Waals surface area contributed by atoms with Crippen molar-refractivity contribution < 1.29 is 20.0 Å². The number of benzene rings is 1. The van der Waals surface area contributed by atoms with Gasteiger partial charge in [-0.1, -0.05) is 50.3 Å². The fraction of sp³-hybridized carbons (Fsp3) is 0.600. The van der Waals surface area contributed by atoms with E-state index in [1.807, 2.05) is 62.1 Å². The molecule has 0 spiro atoms. The first-order chi connectivity index (χ1) is 18.6. The van der Waals surface area contributed by atoms with E-state index in [1.165, 1.54) is 5.57 Å². The highest BCUT2D eigenvalue weighted by Gasteiger charge is 2.26. The van der Waals surface area contributed by atoms with Gasteiger partial charge < -0.3 is 15.1 Å². The van der Waals surface area contributed by atoms with Crippen LogP contribution < -0.4 is 4.90 Å². The van der Waals surface area contributed by atoms with E-state index in [1.54, 1.807) is 6.07 Å². The van der Waals surface area contributed by atoms with Crippen molar-refractivity contribution in [2.45, 2.75) is 72.6 Å². The molecule has 2 fully saturated rings. The Labute approximate surface area is 235 Å². The first-order valence-electron chi connectivity index (χ1n) is 14.0. The second-order valence-corrected chi connectivity index (χ2v) is 9.89. The van der Waals surface area contributed by atoms with Crippen molar-refractivity contribution in [3.8, 4) is 0 Å². The summed E-state index contributed by atoms with van der Waals surface area (Å²) in [6.45, 7) is 18.7. The molecule has 3 rings (SSSR count). The summed E-state index contributed by atoms with van der Waals surface area (Å²) in [5.74, 6) is 0. The van der Waals surface area contributed by atoms with Gasteiger partial charge in [0.25, 0.3) is 5.69 Å². The lowest BCUT2D eigenvalue weighted by Crippen LogP contribution is -2.46. The van der Waals surface area contributed by atoms with Crippen LogP contribution in [0.3, 0.4) is 0 Å². The molecule has 0 saturated carbocycles. The van der Waals surface area contributed by atoms with E-state index in [9.17, 15) is 20.3 Å². The monoisotopic (exact) mass is 546 g/mol. The van der Waals surface area contributed by atoms with Gasteiger partial charge in [0, 0.05) is 51.9 Å². The molecule has 220 valence electrons. The number of piperidine rings is 1. The van der Waals surface area contributed by atoms with Crippen molar-refractivity contribution in [1.29, 1.82) is 0 Å². The number of hydrogen-bond donors (Lipinski definition) is 2. The number of nitro benzene ring substituents is 1. The number of rotatable bonds is 10. The van der Waals surface area contributed by atoms with E-state index in [2.05, 4.69) is 31.4 Å². The maximum Gasteiger partial charge on any atom is 0.292 e. The molecule has 0 amide bonds. The molecule has 2 atom stereocenters. The van der Waals surface area contributed by atoms with Crippen LogP contribution in [0.15, 0.2) is 54.2 Å². The van der Waals surface area contributed by atoms with Gasteiger partial charge in [0.15, 0.2) is 0 Å². The van der Waals surface area contributed by atoms with Crippen LogP contribution in [-0.2, 0) is 11.4 Å². The number of hydrogen-bond acceptors (Lipinski definition) is 8. The number of anilines is 1. The van der Waals surface area contributed by atoms with E-state index in [-0.39, 0.29) is 29.4 Å². The van der Waals surface area contributed by atoms with Crippen LogP contribution >= 0.6 is 0 Å². The highest BCUT2D eigenvalue weighted by atomic mass is 16.7. The first-order valence-corrected chi connectivity index (χ1v) is 14.0. The zero-order chi connectivity index (χ0) is 29.4. The van der Waals surface area contributed by atoms with Gasteiger partial charge in [0.05, 0.1) is 24.2 Å². The van der Waals surface area contributed by atoms with Crippen LogP contribution in [0.4, 0.5) is 11.4 Å². The van der Waals surface area contributed by atoms with Crippen LogP contribution in [0.25, 0.3) is 0 Å². The van der Waals surface area contributed by atoms with Gasteiger partial charge in [0.1, 0.15) is 5.69 Å². The molecule has 2 aliphatic heterocycles. The lowest BCUT2D eigenvalue weighted by Gasteiger charge is -2.37. The summed E-state index contributed by atoms with van der Waals surface area (Å²) in [6.07, 6.45) is 8.24. The van der Waals surface area contributed by atoms with Crippen LogP contribution in [-0.4, -0.2) is 83.7 Å². The van der Waals surface area contributed by atoms with E-state index in [0.29, 0.717) is 18.7 Å².